The maximum Gasteiger partial charge on any atom is 0.258 e. The van der Waals surface area contributed by atoms with E-state index in [0.29, 0.717) is 28.1 Å². The number of benzene rings is 4. The average Bonchev–Trinajstić information content (AvgIpc) is 3.81. The number of amides is 2. The zero-order valence-electron chi connectivity index (χ0n) is 26.3. The van der Waals surface area contributed by atoms with E-state index in [-0.39, 0.29) is 17.9 Å². The minimum absolute atomic E-state index is 0.112. The molecule has 0 unspecified atom stereocenters. The molecule has 232 valence electrons. The molecule has 1 aromatic heterocycles. The molecule has 2 aliphatic heterocycles. The summed E-state index contributed by atoms with van der Waals surface area (Å²) in [7, 11) is 2.03. The highest BCUT2D eigenvalue weighted by molar-refractivity contribution is 6.37. The van der Waals surface area contributed by atoms with E-state index in [2.05, 4.69) is 74.8 Å². The first-order valence-electron chi connectivity index (χ1n) is 16.2. The van der Waals surface area contributed by atoms with Crippen molar-refractivity contribution in [3.8, 4) is 0 Å². The Bertz CT molecular complexity index is 1950. The van der Waals surface area contributed by atoms with Gasteiger partial charge in [-0.05, 0) is 97.6 Å². The monoisotopic (exact) mass is 609 g/mol. The quantitative estimate of drug-likeness (QED) is 0.151. The molecule has 1 saturated heterocycles. The fraction of sp³-hybridized carbons (Fsp3) is 0.231. The van der Waals surface area contributed by atoms with Crippen LogP contribution in [0.15, 0.2) is 103 Å². The molecule has 0 bridgehead atoms. The summed E-state index contributed by atoms with van der Waals surface area (Å²) in [6.07, 6.45) is 5.29. The summed E-state index contributed by atoms with van der Waals surface area (Å²) in [5, 5.41) is 11.0. The van der Waals surface area contributed by atoms with Crippen LogP contribution in [-0.2, 0) is 18.4 Å². The minimum atomic E-state index is -0.202. The molecule has 7 nitrogen and oxygen atoms in total. The maximum absolute atomic E-state index is 13.8. The first-order chi connectivity index (χ1) is 22.5. The predicted octanol–water partition coefficient (Wildman–Crippen LogP) is 7.59. The number of hydrogen-bond donors (Lipinski definition) is 3. The van der Waals surface area contributed by atoms with Crippen molar-refractivity contribution in [3.63, 3.8) is 0 Å². The molecule has 5 aromatic rings. The molecule has 3 heterocycles. The molecule has 2 aliphatic rings. The highest BCUT2D eigenvalue weighted by Gasteiger charge is 2.30. The number of carbonyl (C=O) groups excluding carboxylic acids is 2. The SMILES string of the molecule is CC[C@@H](NC(=O)c1ccc2c(c1)/C(=C(/Nc1cccc(CN3CCCC3)c1)c1ccc3c(ccn3C)c1)C(=O)N2)c1ccccc1. The number of likely N-dealkylation sites (tertiary alicyclic amines) is 1. The highest BCUT2D eigenvalue weighted by Crippen LogP contribution is 2.39. The maximum atomic E-state index is 13.8. The topological polar surface area (TPSA) is 78.4 Å². The Balaban J connectivity index is 1.28. The van der Waals surface area contributed by atoms with Gasteiger partial charge in [0.1, 0.15) is 0 Å². The second-order valence-electron chi connectivity index (χ2n) is 12.3. The number of aryl methyl sites for hydroxylation is 1. The Morgan fingerprint density at radius 1 is 0.891 bits per heavy atom. The van der Waals surface area contributed by atoms with Crippen LogP contribution in [-0.4, -0.2) is 34.4 Å². The van der Waals surface area contributed by atoms with E-state index >= 15 is 0 Å². The number of nitrogens with one attached hydrogen (secondary N) is 3. The largest absolute Gasteiger partial charge is 0.354 e. The van der Waals surface area contributed by atoms with E-state index in [0.717, 1.165) is 53.8 Å². The van der Waals surface area contributed by atoms with E-state index in [4.69, 9.17) is 0 Å². The van der Waals surface area contributed by atoms with Gasteiger partial charge in [0.05, 0.1) is 17.3 Å². The lowest BCUT2D eigenvalue weighted by atomic mass is 9.97. The minimum Gasteiger partial charge on any atom is -0.354 e. The average molecular weight is 610 g/mol. The second-order valence-corrected chi connectivity index (χ2v) is 12.3. The van der Waals surface area contributed by atoms with Gasteiger partial charge < -0.3 is 20.5 Å². The molecule has 1 fully saturated rings. The molecule has 0 aliphatic carbocycles. The molecule has 0 radical (unpaired) electrons. The van der Waals surface area contributed by atoms with Gasteiger partial charge in [0.2, 0.25) is 0 Å². The standard InChI is InChI=1S/C39H39N5O2/c1-3-33(27-11-5-4-6-12-27)41-38(45)30-14-16-34-32(24-30)36(39(46)42-34)37(29-15-17-35-28(23-29)18-21-43(35)2)40-31-13-9-10-26(22-31)25-44-19-7-8-20-44/h4-6,9-18,21-24,33,40H,3,7-8,19-20,25H2,1-2H3,(H,41,45)(H,42,46)/b37-36-/t33-/m1/s1. The number of nitrogens with zero attached hydrogens (tertiary/aromatic N) is 2. The van der Waals surface area contributed by atoms with Crippen LogP contribution in [0.2, 0.25) is 0 Å². The van der Waals surface area contributed by atoms with Crippen LogP contribution in [0.25, 0.3) is 22.2 Å². The molecule has 4 aromatic carbocycles. The van der Waals surface area contributed by atoms with E-state index in [1.165, 1.54) is 18.4 Å². The van der Waals surface area contributed by atoms with Crippen LogP contribution in [0.1, 0.15) is 64.8 Å². The van der Waals surface area contributed by atoms with Crippen LogP contribution in [0.4, 0.5) is 11.4 Å². The van der Waals surface area contributed by atoms with Crippen molar-refractivity contribution >= 4 is 45.4 Å². The first kappa shape index (κ1) is 29.6. The van der Waals surface area contributed by atoms with Gasteiger partial charge in [-0.3, -0.25) is 14.5 Å². The molecule has 3 N–H and O–H groups in total. The summed E-state index contributed by atoms with van der Waals surface area (Å²) in [5.41, 5.74) is 8.33. The molecule has 7 heteroatoms. The van der Waals surface area contributed by atoms with Crippen LogP contribution in [0.3, 0.4) is 0 Å². The molecule has 0 spiro atoms. The first-order valence-corrected chi connectivity index (χ1v) is 16.2. The van der Waals surface area contributed by atoms with E-state index in [9.17, 15) is 9.59 Å². The molecule has 0 saturated carbocycles. The molecular formula is C39H39N5O2. The van der Waals surface area contributed by atoms with Gasteiger partial charge in [-0.15, -0.1) is 0 Å². The van der Waals surface area contributed by atoms with Gasteiger partial charge in [-0.2, -0.15) is 0 Å². The number of anilines is 2. The summed E-state index contributed by atoms with van der Waals surface area (Å²) in [4.78, 5) is 29.8. The number of hydrogen-bond acceptors (Lipinski definition) is 4. The van der Waals surface area contributed by atoms with Crippen LogP contribution >= 0.6 is 0 Å². The molecular weight excluding hydrogens is 570 g/mol. The summed E-state index contributed by atoms with van der Waals surface area (Å²) in [6, 6.07) is 32.1. The molecule has 1 atom stereocenters. The summed E-state index contributed by atoms with van der Waals surface area (Å²) < 4.78 is 2.09. The zero-order valence-corrected chi connectivity index (χ0v) is 26.3. The third kappa shape index (κ3) is 5.94. The van der Waals surface area contributed by atoms with Crippen LogP contribution < -0.4 is 16.0 Å². The van der Waals surface area contributed by atoms with Crippen LogP contribution in [0.5, 0.6) is 0 Å². The third-order valence-electron chi connectivity index (χ3n) is 9.17. The van der Waals surface area contributed by atoms with E-state index in [1.54, 1.807) is 6.07 Å². The Hall–Kier alpha value is -5.14. The van der Waals surface area contributed by atoms with Crippen LogP contribution in [0, 0.1) is 0 Å². The fourth-order valence-corrected chi connectivity index (χ4v) is 6.71. The van der Waals surface area contributed by atoms with Gasteiger partial charge in [-0.1, -0.05) is 55.5 Å². The Morgan fingerprint density at radius 3 is 2.50 bits per heavy atom. The summed E-state index contributed by atoms with van der Waals surface area (Å²) >= 11 is 0. The smallest absolute Gasteiger partial charge is 0.258 e. The predicted molar refractivity (Wildman–Crippen MR) is 186 cm³/mol. The molecule has 7 rings (SSSR count). The van der Waals surface area contributed by atoms with E-state index in [1.807, 2.05) is 61.8 Å². The van der Waals surface area contributed by atoms with Crippen molar-refractivity contribution in [1.82, 2.24) is 14.8 Å². The Morgan fingerprint density at radius 2 is 1.70 bits per heavy atom. The lowest BCUT2D eigenvalue weighted by molar-refractivity contribution is -0.110. The lowest BCUT2D eigenvalue weighted by Crippen LogP contribution is -2.28. The van der Waals surface area contributed by atoms with Gasteiger partial charge >= 0.3 is 0 Å². The van der Waals surface area contributed by atoms with Crippen molar-refractivity contribution in [2.24, 2.45) is 7.05 Å². The fourth-order valence-electron chi connectivity index (χ4n) is 6.71. The molecule has 46 heavy (non-hydrogen) atoms. The van der Waals surface area contributed by atoms with Gasteiger partial charge in [-0.25, -0.2) is 0 Å². The number of rotatable bonds is 9. The van der Waals surface area contributed by atoms with Crippen molar-refractivity contribution < 1.29 is 9.59 Å². The molecule has 2 amide bonds. The normalized spacial score (nSPS) is 16.3. The zero-order chi connectivity index (χ0) is 31.6. The number of aromatic nitrogens is 1. The summed E-state index contributed by atoms with van der Waals surface area (Å²) in [6.45, 7) is 5.22. The van der Waals surface area contributed by atoms with E-state index < -0.39 is 0 Å². The number of fused-ring (bicyclic) bond motifs is 2. The Labute approximate surface area is 269 Å². The third-order valence-corrected chi connectivity index (χ3v) is 9.17. The van der Waals surface area contributed by atoms with Gasteiger partial charge in [0, 0.05) is 53.2 Å². The second kappa shape index (κ2) is 12.7. The summed E-state index contributed by atoms with van der Waals surface area (Å²) in [5.74, 6) is -0.376. The van der Waals surface area contributed by atoms with Crippen molar-refractivity contribution in [2.75, 3.05) is 23.7 Å². The van der Waals surface area contributed by atoms with Crippen molar-refractivity contribution in [1.29, 1.82) is 0 Å². The van der Waals surface area contributed by atoms with Crippen molar-refractivity contribution in [2.45, 2.75) is 38.8 Å². The van der Waals surface area contributed by atoms with Crippen molar-refractivity contribution in [3.05, 3.63) is 131 Å². The number of carbonyl (C=O) groups is 2. The lowest BCUT2D eigenvalue weighted by Gasteiger charge is -2.19. The highest BCUT2D eigenvalue weighted by atomic mass is 16.2. The Kier molecular flexibility index (Phi) is 8.16. The van der Waals surface area contributed by atoms with Gasteiger partial charge in [0.25, 0.3) is 11.8 Å². The van der Waals surface area contributed by atoms with Gasteiger partial charge in [0.15, 0.2) is 0 Å².